The average molecular weight is 562 g/mol. The molecule has 0 bridgehead atoms. The number of imide groups is 1. The van der Waals surface area contributed by atoms with E-state index in [1.165, 1.54) is 10.5 Å². The summed E-state index contributed by atoms with van der Waals surface area (Å²) in [5.41, 5.74) is 5.29. The molecule has 2 amide bonds. The van der Waals surface area contributed by atoms with Crippen molar-refractivity contribution in [2.24, 2.45) is 0 Å². The van der Waals surface area contributed by atoms with E-state index >= 15 is 0 Å². The van der Waals surface area contributed by atoms with Crippen LogP contribution >= 0.6 is 27.7 Å². The molecule has 3 aromatic carbocycles. The minimum Gasteiger partial charge on any atom is -0.491 e. The van der Waals surface area contributed by atoms with Gasteiger partial charge in [-0.05, 0) is 72.6 Å². The highest BCUT2D eigenvalue weighted by molar-refractivity contribution is 9.10. The number of aryl methyl sites for hydroxylation is 2. The maximum absolute atomic E-state index is 13.1. The Hall–Kier alpha value is -3.29. The van der Waals surface area contributed by atoms with E-state index in [4.69, 9.17) is 4.74 Å². The number of aromatic nitrogens is 1. The molecule has 5 rings (SSSR count). The Morgan fingerprint density at radius 3 is 2.58 bits per heavy atom. The van der Waals surface area contributed by atoms with E-state index in [0.29, 0.717) is 11.4 Å². The van der Waals surface area contributed by atoms with Crippen LogP contribution in [0.4, 0.5) is 4.79 Å². The second-order valence-corrected chi connectivity index (χ2v) is 10.7. The summed E-state index contributed by atoms with van der Waals surface area (Å²) < 4.78 is 9.09. The molecule has 0 radical (unpaired) electrons. The predicted octanol–water partition coefficient (Wildman–Crippen LogP) is 7.18. The van der Waals surface area contributed by atoms with E-state index in [0.717, 1.165) is 49.6 Å². The molecule has 182 valence electrons. The fourth-order valence-electron chi connectivity index (χ4n) is 4.25. The normalized spacial score (nSPS) is 14.9. The molecule has 1 aliphatic heterocycles. The first-order chi connectivity index (χ1) is 17.4. The number of hydrogen-bond donors (Lipinski definition) is 0. The summed E-state index contributed by atoms with van der Waals surface area (Å²) >= 11 is 4.46. The van der Waals surface area contributed by atoms with Gasteiger partial charge in [0, 0.05) is 33.7 Å². The van der Waals surface area contributed by atoms with Gasteiger partial charge in [0.05, 0.1) is 11.4 Å². The number of hydrogen-bond acceptors (Lipinski definition) is 4. The molecule has 1 fully saturated rings. The van der Waals surface area contributed by atoms with Crippen molar-refractivity contribution < 1.29 is 14.3 Å². The Morgan fingerprint density at radius 1 is 1.00 bits per heavy atom. The van der Waals surface area contributed by atoms with Crippen molar-refractivity contribution in [3.63, 3.8) is 0 Å². The lowest BCUT2D eigenvalue weighted by molar-refractivity contribution is -0.123. The standard InChI is InChI=1S/C29H25BrN2O3S/c1-19-7-8-20(2)26(15-19)35-14-13-32-28(33)27(36-29(32)34)16-22-18-31(25-6-4-3-5-24(22)25)17-21-9-11-23(30)12-10-21/h3-12,15-16,18H,13-14,17H2,1-2H3/b27-16-. The maximum Gasteiger partial charge on any atom is 0.293 e. The topological polar surface area (TPSA) is 51.5 Å². The Balaban J connectivity index is 1.34. The van der Waals surface area contributed by atoms with Crippen LogP contribution in [0.15, 0.2) is 82.3 Å². The SMILES string of the molecule is Cc1ccc(C)c(OCCN2C(=O)S/C(=C\c3cn(Cc4ccc(Br)cc4)c4ccccc34)C2=O)c1. The van der Waals surface area contributed by atoms with Gasteiger partial charge < -0.3 is 9.30 Å². The van der Waals surface area contributed by atoms with Gasteiger partial charge in [0.1, 0.15) is 12.4 Å². The second kappa shape index (κ2) is 10.4. The first kappa shape index (κ1) is 24.4. The molecular formula is C29H25BrN2O3S. The van der Waals surface area contributed by atoms with Gasteiger partial charge in [-0.15, -0.1) is 0 Å². The van der Waals surface area contributed by atoms with Crippen molar-refractivity contribution in [2.75, 3.05) is 13.2 Å². The van der Waals surface area contributed by atoms with Crippen molar-refractivity contribution in [2.45, 2.75) is 20.4 Å². The quantitative estimate of drug-likeness (QED) is 0.224. The molecule has 0 atom stereocenters. The molecule has 2 heterocycles. The van der Waals surface area contributed by atoms with Gasteiger partial charge in [-0.3, -0.25) is 14.5 Å². The number of ether oxygens (including phenoxy) is 1. The van der Waals surface area contributed by atoms with E-state index in [1.807, 2.05) is 74.7 Å². The third kappa shape index (κ3) is 5.13. The fraction of sp³-hybridized carbons (Fsp3) is 0.172. The highest BCUT2D eigenvalue weighted by Gasteiger charge is 2.35. The summed E-state index contributed by atoms with van der Waals surface area (Å²) in [4.78, 5) is 27.4. The Kier molecular flexibility index (Phi) is 7.03. The second-order valence-electron chi connectivity index (χ2n) is 8.81. The molecule has 4 aromatic rings. The molecule has 0 saturated carbocycles. The van der Waals surface area contributed by atoms with Gasteiger partial charge in [-0.1, -0.05) is 58.4 Å². The van der Waals surface area contributed by atoms with Crippen molar-refractivity contribution in [3.8, 4) is 5.75 Å². The van der Waals surface area contributed by atoms with Crippen LogP contribution in [-0.2, 0) is 11.3 Å². The first-order valence-electron chi connectivity index (χ1n) is 11.7. The summed E-state index contributed by atoms with van der Waals surface area (Å²) in [7, 11) is 0. The summed E-state index contributed by atoms with van der Waals surface area (Å²) in [6.07, 6.45) is 3.88. The zero-order valence-electron chi connectivity index (χ0n) is 20.0. The summed E-state index contributed by atoms with van der Waals surface area (Å²) in [5, 5.41) is 0.772. The Labute approximate surface area is 222 Å². The average Bonchev–Trinajstić information content (AvgIpc) is 3.34. The lowest BCUT2D eigenvalue weighted by Crippen LogP contribution is -2.32. The van der Waals surface area contributed by atoms with Gasteiger partial charge >= 0.3 is 0 Å². The molecular weight excluding hydrogens is 536 g/mol. The molecule has 1 aliphatic rings. The van der Waals surface area contributed by atoms with Gasteiger partial charge in [0.15, 0.2) is 0 Å². The molecule has 0 spiro atoms. The number of thioether (sulfide) groups is 1. The van der Waals surface area contributed by atoms with E-state index in [-0.39, 0.29) is 24.3 Å². The van der Waals surface area contributed by atoms with E-state index in [9.17, 15) is 9.59 Å². The number of amides is 2. The minimum atomic E-state index is -0.278. The molecule has 36 heavy (non-hydrogen) atoms. The number of halogens is 1. The zero-order valence-corrected chi connectivity index (χ0v) is 22.4. The van der Waals surface area contributed by atoms with Gasteiger partial charge in [0.2, 0.25) is 0 Å². The van der Waals surface area contributed by atoms with E-state index < -0.39 is 0 Å². The number of carbonyl (C=O) groups is 2. The highest BCUT2D eigenvalue weighted by Crippen LogP contribution is 2.34. The van der Waals surface area contributed by atoms with Crippen LogP contribution in [0.5, 0.6) is 5.75 Å². The van der Waals surface area contributed by atoms with Crippen molar-refractivity contribution in [1.29, 1.82) is 0 Å². The van der Waals surface area contributed by atoms with Crippen LogP contribution in [0.3, 0.4) is 0 Å². The van der Waals surface area contributed by atoms with Crippen LogP contribution in [-0.4, -0.2) is 33.8 Å². The number of para-hydroxylation sites is 1. The van der Waals surface area contributed by atoms with Crippen LogP contribution < -0.4 is 4.74 Å². The predicted molar refractivity (Wildman–Crippen MR) is 149 cm³/mol. The molecule has 1 aromatic heterocycles. The first-order valence-corrected chi connectivity index (χ1v) is 13.3. The maximum atomic E-state index is 13.1. The van der Waals surface area contributed by atoms with E-state index in [1.54, 1.807) is 0 Å². The molecule has 0 N–H and O–H groups in total. The number of carbonyl (C=O) groups excluding carboxylic acids is 2. The summed E-state index contributed by atoms with van der Waals surface area (Å²) in [6, 6.07) is 22.3. The van der Waals surface area contributed by atoms with Crippen molar-refractivity contribution in [1.82, 2.24) is 9.47 Å². The summed E-state index contributed by atoms with van der Waals surface area (Å²) in [5.74, 6) is 0.496. The highest BCUT2D eigenvalue weighted by atomic mass is 79.9. The van der Waals surface area contributed by atoms with Crippen molar-refractivity contribution >= 4 is 55.8 Å². The lowest BCUT2D eigenvalue weighted by atomic mass is 10.1. The lowest BCUT2D eigenvalue weighted by Gasteiger charge is -2.14. The molecule has 0 unspecified atom stereocenters. The number of benzene rings is 3. The summed E-state index contributed by atoms with van der Waals surface area (Å²) in [6.45, 7) is 5.15. The largest absolute Gasteiger partial charge is 0.491 e. The van der Waals surface area contributed by atoms with Crippen LogP contribution in [0, 0.1) is 13.8 Å². The molecule has 1 saturated heterocycles. The van der Waals surface area contributed by atoms with Gasteiger partial charge in [-0.25, -0.2) is 0 Å². The number of fused-ring (bicyclic) bond motifs is 1. The monoisotopic (exact) mass is 560 g/mol. The molecule has 0 aliphatic carbocycles. The van der Waals surface area contributed by atoms with Crippen LogP contribution in [0.25, 0.3) is 17.0 Å². The Morgan fingerprint density at radius 2 is 1.78 bits per heavy atom. The third-order valence-electron chi connectivity index (χ3n) is 6.16. The van der Waals surface area contributed by atoms with Crippen LogP contribution in [0.1, 0.15) is 22.3 Å². The smallest absolute Gasteiger partial charge is 0.293 e. The van der Waals surface area contributed by atoms with Gasteiger partial charge in [0.25, 0.3) is 11.1 Å². The Bertz CT molecular complexity index is 1490. The number of rotatable bonds is 7. The fourth-order valence-corrected chi connectivity index (χ4v) is 5.37. The molecule has 7 heteroatoms. The van der Waals surface area contributed by atoms with Gasteiger partial charge in [-0.2, -0.15) is 0 Å². The van der Waals surface area contributed by atoms with Crippen LogP contribution in [0.2, 0.25) is 0 Å². The molecule has 5 nitrogen and oxygen atoms in total. The van der Waals surface area contributed by atoms with Crippen molar-refractivity contribution in [3.05, 3.63) is 105 Å². The third-order valence-corrected chi connectivity index (χ3v) is 7.60. The zero-order chi connectivity index (χ0) is 25.2. The number of nitrogens with zero attached hydrogens (tertiary/aromatic N) is 2. The van der Waals surface area contributed by atoms with E-state index in [2.05, 4.69) is 38.7 Å². The minimum absolute atomic E-state index is 0.209.